The molecule has 0 bridgehead atoms. The SMILES string of the molecule is COc1cc(F)c(-n2c(=O)[nH]c3csc(C(=O)O)c3c2=O)cc1OCc1cccc2oc(C)nc12. The van der Waals surface area contributed by atoms with Gasteiger partial charge in [-0.25, -0.2) is 23.5 Å². The third-order valence-electron chi connectivity index (χ3n) is 5.31. The first kappa shape index (κ1) is 22.3. The van der Waals surface area contributed by atoms with Crippen molar-refractivity contribution in [3.05, 3.63) is 78.7 Å². The van der Waals surface area contributed by atoms with Gasteiger partial charge in [0.2, 0.25) is 0 Å². The molecule has 2 aromatic carbocycles. The van der Waals surface area contributed by atoms with Crippen LogP contribution in [0.4, 0.5) is 4.39 Å². The van der Waals surface area contributed by atoms with Crippen molar-refractivity contribution in [1.29, 1.82) is 0 Å². The van der Waals surface area contributed by atoms with Crippen molar-refractivity contribution in [1.82, 2.24) is 14.5 Å². The van der Waals surface area contributed by atoms with Crippen molar-refractivity contribution in [3.8, 4) is 17.2 Å². The standard InChI is InChI=1S/C23H16FN3O7S/c1-10-25-19-11(4-3-5-15(19)34-10)8-33-17-7-14(12(24)6-16(17)32-2)27-21(28)18-13(26-23(27)31)9-35-20(18)22(29)30/h3-7,9H,8H2,1-2H3,(H,26,31)(H,29,30). The summed E-state index contributed by atoms with van der Waals surface area (Å²) in [4.78, 5) is 43.8. The Morgan fingerprint density at radius 2 is 2.09 bits per heavy atom. The monoisotopic (exact) mass is 497 g/mol. The summed E-state index contributed by atoms with van der Waals surface area (Å²) < 4.78 is 32.2. The summed E-state index contributed by atoms with van der Waals surface area (Å²) in [5, 5.41) is 10.5. The molecule has 0 aliphatic carbocycles. The molecule has 0 spiro atoms. The molecule has 178 valence electrons. The molecule has 5 aromatic rings. The fourth-order valence-electron chi connectivity index (χ4n) is 3.77. The Hall–Kier alpha value is -4.45. The van der Waals surface area contributed by atoms with Gasteiger partial charge in [-0.1, -0.05) is 12.1 Å². The molecule has 35 heavy (non-hydrogen) atoms. The second-order valence-electron chi connectivity index (χ2n) is 7.47. The number of hydrogen-bond donors (Lipinski definition) is 2. The molecule has 2 N–H and O–H groups in total. The van der Waals surface area contributed by atoms with Crippen LogP contribution in [0, 0.1) is 12.7 Å². The molecule has 0 fully saturated rings. The number of fused-ring (bicyclic) bond motifs is 2. The zero-order valence-electron chi connectivity index (χ0n) is 18.2. The van der Waals surface area contributed by atoms with Crippen LogP contribution in [-0.2, 0) is 6.61 Å². The second-order valence-corrected chi connectivity index (χ2v) is 8.35. The number of carboxylic acids is 1. The van der Waals surface area contributed by atoms with Gasteiger partial charge in [0.15, 0.2) is 28.8 Å². The van der Waals surface area contributed by atoms with Crippen molar-refractivity contribution in [2.75, 3.05) is 7.11 Å². The molecular weight excluding hydrogens is 481 g/mol. The van der Waals surface area contributed by atoms with Gasteiger partial charge in [0, 0.05) is 30.0 Å². The van der Waals surface area contributed by atoms with E-state index in [1.54, 1.807) is 25.1 Å². The minimum Gasteiger partial charge on any atom is -0.493 e. The molecular formula is C23H16FN3O7S. The number of aryl methyl sites for hydroxylation is 1. The molecule has 0 aliphatic rings. The van der Waals surface area contributed by atoms with Gasteiger partial charge in [0.1, 0.15) is 17.0 Å². The van der Waals surface area contributed by atoms with Gasteiger partial charge >= 0.3 is 11.7 Å². The van der Waals surface area contributed by atoms with E-state index in [-0.39, 0.29) is 33.9 Å². The number of aromatic carboxylic acids is 1. The zero-order valence-corrected chi connectivity index (χ0v) is 19.1. The first-order chi connectivity index (χ1) is 16.8. The lowest BCUT2D eigenvalue weighted by Gasteiger charge is -2.14. The summed E-state index contributed by atoms with van der Waals surface area (Å²) in [6.45, 7) is 1.72. The van der Waals surface area contributed by atoms with Crippen molar-refractivity contribution in [2.24, 2.45) is 0 Å². The number of benzene rings is 2. The van der Waals surface area contributed by atoms with Crippen LogP contribution < -0.4 is 20.7 Å². The molecule has 0 saturated carbocycles. The van der Waals surface area contributed by atoms with Crippen LogP contribution in [0.3, 0.4) is 0 Å². The topological polar surface area (TPSA) is 137 Å². The molecule has 0 atom stereocenters. The van der Waals surface area contributed by atoms with Crippen molar-refractivity contribution >= 4 is 39.3 Å². The molecule has 0 aliphatic heterocycles. The first-order valence-electron chi connectivity index (χ1n) is 10.1. The van der Waals surface area contributed by atoms with Crippen LogP contribution in [0.2, 0.25) is 0 Å². The summed E-state index contributed by atoms with van der Waals surface area (Å²) in [7, 11) is 1.32. The number of H-pyrrole nitrogens is 1. The van der Waals surface area contributed by atoms with Crippen molar-refractivity contribution in [2.45, 2.75) is 13.5 Å². The molecule has 12 heteroatoms. The van der Waals surface area contributed by atoms with E-state index in [1.165, 1.54) is 12.5 Å². The van der Waals surface area contributed by atoms with Gasteiger partial charge in [0.25, 0.3) is 5.56 Å². The summed E-state index contributed by atoms with van der Waals surface area (Å²) in [6.07, 6.45) is 0. The highest BCUT2D eigenvalue weighted by Crippen LogP contribution is 2.33. The van der Waals surface area contributed by atoms with Crippen LogP contribution in [-0.4, -0.2) is 32.7 Å². The molecule has 5 rings (SSSR count). The van der Waals surface area contributed by atoms with Gasteiger partial charge in [0.05, 0.1) is 23.7 Å². The number of ether oxygens (including phenoxy) is 2. The molecule has 3 heterocycles. The highest BCUT2D eigenvalue weighted by molar-refractivity contribution is 7.13. The minimum absolute atomic E-state index is 0.00271. The van der Waals surface area contributed by atoms with E-state index >= 15 is 4.39 Å². The largest absolute Gasteiger partial charge is 0.493 e. The number of aromatic amines is 1. The molecule has 0 saturated heterocycles. The van der Waals surface area contributed by atoms with E-state index in [4.69, 9.17) is 13.9 Å². The Kier molecular flexibility index (Phi) is 5.36. The summed E-state index contributed by atoms with van der Waals surface area (Å²) in [5.74, 6) is -1.71. The average Bonchev–Trinajstić information content (AvgIpc) is 3.42. The number of para-hydroxylation sites is 1. The lowest BCUT2D eigenvalue weighted by Crippen LogP contribution is -2.34. The normalized spacial score (nSPS) is 11.3. The molecule has 0 radical (unpaired) electrons. The van der Waals surface area contributed by atoms with Gasteiger partial charge in [-0.3, -0.25) is 4.79 Å². The maximum absolute atomic E-state index is 15.0. The predicted octanol–water partition coefficient (Wildman–Crippen LogP) is 3.62. The number of rotatable bonds is 6. The molecule has 0 amide bonds. The van der Waals surface area contributed by atoms with Gasteiger partial charge in [-0.05, 0) is 6.07 Å². The Morgan fingerprint density at radius 3 is 2.83 bits per heavy atom. The van der Waals surface area contributed by atoms with Crippen LogP contribution in [0.5, 0.6) is 11.5 Å². The number of halogens is 1. The maximum Gasteiger partial charge on any atom is 0.346 e. The van der Waals surface area contributed by atoms with E-state index in [0.717, 1.165) is 23.5 Å². The Bertz CT molecular complexity index is 1750. The number of methoxy groups -OCH3 is 1. The van der Waals surface area contributed by atoms with Gasteiger partial charge in [-0.15, -0.1) is 11.3 Å². The van der Waals surface area contributed by atoms with Crippen LogP contribution >= 0.6 is 11.3 Å². The number of thiophene rings is 1. The molecule has 0 unspecified atom stereocenters. The average molecular weight is 497 g/mol. The van der Waals surface area contributed by atoms with E-state index in [1.807, 2.05) is 0 Å². The quantitative estimate of drug-likeness (QED) is 0.363. The number of hydrogen-bond acceptors (Lipinski definition) is 8. The fourth-order valence-corrected chi connectivity index (χ4v) is 4.60. The Morgan fingerprint density at radius 1 is 1.29 bits per heavy atom. The smallest absolute Gasteiger partial charge is 0.346 e. The maximum atomic E-state index is 15.0. The summed E-state index contributed by atoms with van der Waals surface area (Å²) in [5.41, 5.74) is -0.412. The van der Waals surface area contributed by atoms with Crippen LogP contribution in [0.1, 0.15) is 21.1 Å². The second kappa shape index (κ2) is 8.40. The van der Waals surface area contributed by atoms with E-state index in [2.05, 4.69) is 9.97 Å². The summed E-state index contributed by atoms with van der Waals surface area (Å²) in [6, 6.07) is 7.45. The van der Waals surface area contributed by atoms with Gasteiger partial charge < -0.3 is 24.0 Å². The predicted molar refractivity (Wildman–Crippen MR) is 125 cm³/mol. The zero-order chi connectivity index (χ0) is 24.9. The van der Waals surface area contributed by atoms with E-state index in [0.29, 0.717) is 27.1 Å². The number of carboxylic acid groups (broad SMARTS) is 1. The molecule has 3 aromatic heterocycles. The van der Waals surface area contributed by atoms with Crippen LogP contribution in [0.15, 0.2) is 49.7 Å². The Balaban J connectivity index is 1.62. The highest BCUT2D eigenvalue weighted by atomic mass is 32.1. The van der Waals surface area contributed by atoms with Gasteiger partial charge in [-0.2, -0.15) is 0 Å². The lowest BCUT2D eigenvalue weighted by atomic mass is 10.2. The number of carbonyl (C=O) groups is 1. The number of nitrogens with one attached hydrogen (secondary N) is 1. The minimum atomic E-state index is -1.34. The van der Waals surface area contributed by atoms with E-state index in [9.17, 15) is 19.5 Å². The molecule has 10 nitrogen and oxygen atoms in total. The van der Waals surface area contributed by atoms with Crippen molar-refractivity contribution < 1.29 is 28.2 Å². The lowest BCUT2D eigenvalue weighted by molar-refractivity contribution is 0.0704. The first-order valence-corrected chi connectivity index (χ1v) is 11.0. The van der Waals surface area contributed by atoms with E-state index < -0.39 is 28.7 Å². The third-order valence-corrected chi connectivity index (χ3v) is 6.28. The fraction of sp³-hybridized carbons (Fsp3) is 0.130. The number of nitrogens with zero attached hydrogens (tertiary/aromatic N) is 2. The number of aromatic nitrogens is 3. The Labute approximate surface area is 198 Å². The number of oxazole rings is 1. The highest BCUT2D eigenvalue weighted by Gasteiger charge is 2.22. The third kappa shape index (κ3) is 3.73. The van der Waals surface area contributed by atoms with Crippen molar-refractivity contribution in [3.63, 3.8) is 0 Å². The van der Waals surface area contributed by atoms with Crippen LogP contribution in [0.25, 0.3) is 27.7 Å². The summed E-state index contributed by atoms with van der Waals surface area (Å²) >= 11 is 0.784.